The summed E-state index contributed by atoms with van der Waals surface area (Å²) >= 11 is 0. The number of piperidine rings is 1. The summed E-state index contributed by atoms with van der Waals surface area (Å²) < 4.78 is 0. The van der Waals surface area contributed by atoms with Crippen molar-refractivity contribution in [2.75, 3.05) is 26.2 Å². The summed E-state index contributed by atoms with van der Waals surface area (Å²) in [4.78, 5) is 14.2. The zero-order valence-electron chi connectivity index (χ0n) is 10.9. The SMILES string of the molecule is CC(NCCN1CCCCC1)C(=O)NC1CC1. The minimum absolute atomic E-state index is 0.0552. The van der Waals surface area contributed by atoms with E-state index in [9.17, 15) is 4.79 Å². The van der Waals surface area contributed by atoms with Gasteiger partial charge in [0.25, 0.3) is 0 Å². The third kappa shape index (κ3) is 4.64. The molecule has 4 nitrogen and oxygen atoms in total. The normalized spacial score (nSPS) is 23.4. The van der Waals surface area contributed by atoms with Gasteiger partial charge in [-0.3, -0.25) is 4.79 Å². The van der Waals surface area contributed by atoms with Gasteiger partial charge in [-0.05, 0) is 45.7 Å². The van der Waals surface area contributed by atoms with E-state index in [-0.39, 0.29) is 11.9 Å². The van der Waals surface area contributed by atoms with Crippen LogP contribution in [0.2, 0.25) is 0 Å². The predicted octanol–water partition coefficient (Wildman–Crippen LogP) is 0.729. The second kappa shape index (κ2) is 6.36. The molecule has 0 aromatic carbocycles. The van der Waals surface area contributed by atoms with E-state index in [1.165, 1.54) is 32.4 Å². The molecule has 98 valence electrons. The summed E-state index contributed by atoms with van der Waals surface area (Å²) in [5.41, 5.74) is 0. The highest BCUT2D eigenvalue weighted by atomic mass is 16.2. The number of hydrogen-bond donors (Lipinski definition) is 2. The van der Waals surface area contributed by atoms with Crippen molar-refractivity contribution in [3.8, 4) is 0 Å². The Labute approximate surface area is 104 Å². The zero-order valence-corrected chi connectivity index (χ0v) is 10.9. The fourth-order valence-corrected chi connectivity index (χ4v) is 2.27. The van der Waals surface area contributed by atoms with E-state index in [0.29, 0.717) is 6.04 Å². The van der Waals surface area contributed by atoms with Crippen LogP contribution in [0.15, 0.2) is 0 Å². The van der Waals surface area contributed by atoms with Crippen LogP contribution in [0.25, 0.3) is 0 Å². The quantitative estimate of drug-likeness (QED) is 0.718. The first-order valence-corrected chi connectivity index (χ1v) is 7.02. The van der Waals surface area contributed by atoms with Crippen LogP contribution in [0.3, 0.4) is 0 Å². The molecule has 0 aromatic heterocycles. The number of nitrogens with zero attached hydrogens (tertiary/aromatic N) is 1. The van der Waals surface area contributed by atoms with Gasteiger partial charge in [0, 0.05) is 19.1 Å². The first-order valence-electron chi connectivity index (χ1n) is 7.02. The Kier molecular flexibility index (Phi) is 4.80. The molecule has 1 aliphatic carbocycles. The van der Waals surface area contributed by atoms with Crippen LogP contribution in [-0.4, -0.2) is 49.1 Å². The third-order valence-electron chi connectivity index (χ3n) is 3.64. The molecule has 2 fully saturated rings. The topological polar surface area (TPSA) is 44.4 Å². The van der Waals surface area contributed by atoms with Crippen molar-refractivity contribution in [1.82, 2.24) is 15.5 Å². The molecule has 0 aromatic rings. The van der Waals surface area contributed by atoms with Crippen LogP contribution < -0.4 is 10.6 Å². The molecular weight excluding hydrogens is 214 g/mol. The van der Waals surface area contributed by atoms with Gasteiger partial charge in [0.1, 0.15) is 0 Å². The fourth-order valence-electron chi connectivity index (χ4n) is 2.27. The second-order valence-electron chi connectivity index (χ2n) is 5.36. The summed E-state index contributed by atoms with van der Waals surface area (Å²) in [6.45, 7) is 6.39. The Morgan fingerprint density at radius 1 is 1.29 bits per heavy atom. The maximum atomic E-state index is 11.7. The van der Waals surface area contributed by atoms with Crippen LogP contribution in [0.1, 0.15) is 39.0 Å². The van der Waals surface area contributed by atoms with Gasteiger partial charge in [-0.15, -0.1) is 0 Å². The average Bonchev–Trinajstić information content (AvgIpc) is 3.14. The summed E-state index contributed by atoms with van der Waals surface area (Å²) in [6.07, 6.45) is 6.36. The monoisotopic (exact) mass is 239 g/mol. The van der Waals surface area contributed by atoms with Gasteiger partial charge in [0.2, 0.25) is 5.91 Å². The van der Waals surface area contributed by atoms with E-state index in [2.05, 4.69) is 15.5 Å². The van der Waals surface area contributed by atoms with Gasteiger partial charge in [-0.2, -0.15) is 0 Å². The highest BCUT2D eigenvalue weighted by molar-refractivity contribution is 5.81. The summed E-state index contributed by atoms with van der Waals surface area (Å²) in [6, 6.07) is 0.411. The summed E-state index contributed by atoms with van der Waals surface area (Å²) in [5, 5.41) is 6.34. The summed E-state index contributed by atoms with van der Waals surface area (Å²) in [7, 11) is 0. The molecule has 1 aliphatic heterocycles. The molecule has 17 heavy (non-hydrogen) atoms. The van der Waals surface area contributed by atoms with E-state index in [1.54, 1.807) is 0 Å². The lowest BCUT2D eigenvalue weighted by atomic mass is 10.1. The van der Waals surface area contributed by atoms with Gasteiger partial charge in [0.05, 0.1) is 6.04 Å². The van der Waals surface area contributed by atoms with Crippen LogP contribution in [0, 0.1) is 0 Å². The predicted molar refractivity (Wildman–Crippen MR) is 68.9 cm³/mol. The van der Waals surface area contributed by atoms with Crippen molar-refractivity contribution in [1.29, 1.82) is 0 Å². The minimum Gasteiger partial charge on any atom is -0.352 e. The highest BCUT2D eigenvalue weighted by Crippen LogP contribution is 2.18. The van der Waals surface area contributed by atoms with Gasteiger partial charge in [0.15, 0.2) is 0 Å². The first-order chi connectivity index (χ1) is 8.25. The van der Waals surface area contributed by atoms with Crippen molar-refractivity contribution < 1.29 is 4.79 Å². The fraction of sp³-hybridized carbons (Fsp3) is 0.923. The van der Waals surface area contributed by atoms with Gasteiger partial charge in [-0.1, -0.05) is 6.42 Å². The molecule has 1 atom stereocenters. The summed E-state index contributed by atoms with van der Waals surface area (Å²) in [5.74, 6) is 0.158. The number of likely N-dealkylation sites (tertiary alicyclic amines) is 1. The third-order valence-corrected chi connectivity index (χ3v) is 3.64. The Bertz CT molecular complexity index is 247. The van der Waals surface area contributed by atoms with E-state index in [4.69, 9.17) is 0 Å². The van der Waals surface area contributed by atoms with Crippen LogP contribution in [0.5, 0.6) is 0 Å². The number of hydrogen-bond acceptors (Lipinski definition) is 3. The molecule has 2 aliphatic rings. The van der Waals surface area contributed by atoms with Crippen molar-refractivity contribution >= 4 is 5.91 Å². The van der Waals surface area contributed by atoms with Crippen molar-refractivity contribution in [3.63, 3.8) is 0 Å². The number of amides is 1. The number of carbonyl (C=O) groups excluding carboxylic acids is 1. The van der Waals surface area contributed by atoms with Crippen LogP contribution in [-0.2, 0) is 4.79 Å². The smallest absolute Gasteiger partial charge is 0.237 e. The minimum atomic E-state index is -0.0552. The maximum Gasteiger partial charge on any atom is 0.237 e. The zero-order chi connectivity index (χ0) is 12.1. The first kappa shape index (κ1) is 12.8. The Morgan fingerprint density at radius 2 is 2.00 bits per heavy atom. The molecule has 0 radical (unpaired) electrons. The number of carbonyl (C=O) groups is 1. The van der Waals surface area contributed by atoms with Gasteiger partial charge in [-0.25, -0.2) is 0 Å². The molecule has 1 saturated carbocycles. The molecule has 1 heterocycles. The van der Waals surface area contributed by atoms with Crippen molar-refractivity contribution in [2.45, 2.75) is 51.1 Å². The average molecular weight is 239 g/mol. The number of rotatable bonds is 6. The Balaban J connectivity index is 1.55. The van der Waals surface area contributed by atoms with Crippen molar-refractivity contribution in [3.05, 3.63) is 0 Å². The standard InChI is InChI=1S/C13H25N3O/c1-11(13(17)15-12-5-6-12)14-7-10-16-8-3-2-4-9-16/h11-12,14H,2-10H2,1H3,(H,15,17). The Hall–Kier alpha value is -0.610. The molecular formula is C13H25N3O. The van der Waals surface area contributed by atoms with E-state index < -0.39 is 0 Å². The molecule has 1 amide bonds. The lowest BCUT2D eigenvalue weighted by Crippen LogP contribution is -2.46. The largest absolute Gasteiger partial charge is 0.352 e. The van der Waals surface area contributed by atoms with E-state index in [0.717, 1.165) is 25.9 Å². The molecule has 2 N–H and O–H groups in total. The Morgan fingerprint density at radius 3 is 2.65 bits per heavy atom. The van der Waals surface area contributed by atoms with Crippen molar-refractivity contribution in [2.24, 2.45) is 0 Å². The second-order valence-corrected chi connectivity index (χ2v) is 5.36. The molecule has 1 unspecified atom stereocenters. The number of nitrogens with one attached hydrogen (secondary N) is 2. The van der Waals surface area contributed by atoms with Gasteiger partial charge >= 0.3 is 0 Å². The molecule has 4 heteroatoms. The van der Waals surface area contributed by atoms with Gasteiger partial charge < -0.3 is 15.5 Å². The molecule has 1 saturated heterocycles. The van der Waals surface area contributed by atoms with Crippen LogP contribution >= 0.6 is 0 Å². The van der Waals surface area contributed by atoms with Crippen LogP contribution in [0.4, 0.5) is 0 Å². The van der Waals surface area contributed by atoms with E-state index in [1.807, 2.05) is 6.92 Å². The lowest BCUT2D eigenvalue weighted by molar-refractivity contribution is -0.122. The lowest BCUT2D eigenvalue weighted by Gasteiger charge is -2.27. The maximum absolute atomic E-state index is 11.7. The molecule has 2 rings (SSSR count). The molecule has 0 spiro atoms. The molecule has 0 bridgehead atoms. The van der Waals surface area contributed by atoms with E-state index >= 15 is 0 Å². The highest BCUT2D eigenvalue weighted by Gasteiger charge is 2.25.